The first-order valence-electron chi connectivity index (χ1n) is 6.15. The van der Waals surface area contributed by atoms with E-state index in [1.165, 1.54) is 0 Å². The SMILES string of the molecule is O=C(Cc1ccccc1Br)C1CC2CCC1O2. The summed E-state index contributed by atoms with van der Waals surface area (Å²) in [7, 11) is 0. The van der Waals surface area contributed by atoms with Gasteiger partial charge < -0.3 is 4.74 Å². The molecule has 2 saturated heterocycles. The summed E-state index contributed by atoms with van der Waals surface area (Å²) in [5.41, 5.74) is 1.08. The van der Waals surface area contributed by atoms with Crippen molar-refractivity contribution in [2.24, 2.45) is 5.92 Å². The largest absolute Gasteiger partial charge is 0.374 e. The molecule has 1 aromatic carbocycles. The Morgan fingerprint density at radius 1 is 1.35 bits per heavy atom. The number of carbonyl (C=O) groups is 1. The molecule has 0 amide bonds. The average Bonchev–Trinajstić information content (AvgIpc) is 2.94. The van der Waals surface area contributed by atoms with E-state index in [2.05, 4.69) is 15.9 Å². The lowest BCUT2D eigenvalue weighted by Gasteiger charge is -2.17. The van der Waals surface area contributed by atoms with Gasteiger partial charge in [0.1, 0.15) is 5.78 Å². The molecular weight excluding hydrogens is 280 g/mol. The zero-order chi connectivity index (χ0) is 11.8. The summed E-state index contributed by atoms with van der Waals surface area (Å²) in [5, 5.41) is 0. The van der Waals surface area contributed by atoms with Gasteiger partial charge in [-0.05, 0) is 30.9 Å². The van der Waals surface area contributed by atoms with Crippen molar-refractivity contribution in [1.82, 2.24) is 0 Å². The van der Waals surface area contributed by atoms with Crippen LogP contribution in [-0.2, 0) is 16.0 Å². The lowest BCUT2D eigenvalue weighted by Crippen LogP contribution is -2.26. The Hall–Kier alpha value is -0.670. The molecule has 90 valence electrons. The molecule has 0 spiro atoms. The number of ketones is 1. The van der Waals surface area contributed by atoms with Gasteiger partial charge in [0.25, 0.3) is 0 Å². The van der Waals surface area contributed by atoms with E-state index in [0.29, 0.717) is 18.3 Å². The Morgan fingerprint density at radius 3 is 2.82 bits per heavy atom. The van der Waals surface area contributed by atoms with Crippen LogP contribution in [0.25, 0.3) is 0 Å². The summed E-state index contributed by atoms with van der Waals surface area (Å²) < 4.78 is 6.77. The van der Waals surface area contributed by atoms with Crippen molar-refractivity contribution < 1.29 is 9.53 Å². The molecule has 2 aliphatic heterocycles. The summed E-state index contributed by atoms with van der Waals surface area (Å²) in [6, 6.07) is 7.94. The van der Waals surface area contributed by atoms with Crippen LogP contribution in [0.4, 0.5) is 0 Å². The molecule has 3 atom stereocenters. The molecule has 2 nitrogen and oxygen atoms in total. The van der Waals surface area contributed by atoms with E-state index < -0.39 is 0 Å². The van der Waals surface area contributed by atoms with Crippen molar-refractivity contribution >= 4 is 21.7 Å². The fourth-order valence-corrected chi connectivity index (χ4v) is 3.36. The van der Waals surface area contributed by atoms with Crippen molar-refractivity contribution in [2.75, 3.05) is 0 Å². The summed E-state index contributed by atoms with van der Waals surface area (Å²) in [4.78, 5) is 12.3. The van der Waals surface area contributed by atoms with E-state index in [1.54, 1.807) is 0 Å². The molecule has 0 saturated carbocycles. The number of hydrogen-bond donors (Lipinski definition) is 0. The molecule has 0 aromatic heterocycles. The van der Waals surface area contributed by atoms with Crippen molar-refractivity contribution in [1.29, 1.82) is 0 Å². The first-order chi connectivity index (χ1) is 8.24. The van der Waals surface area contributed by atoms with Gasteiger partial charge >= 0.3 is 0 Å². The van der Waals surface area contributed by atoms with Crippen molar-refractivity contribution in [3.05, 3.63) is 34.3 Å². The third-order valence-corrected chi connectivity index (χ3v) is 4.62. The van der Waals surface area contributed by atoms with E-state index in [4.69, 9.17) is 4.74 Å². The molecule has 2 heterocycles. The van der Waals surface area contributed by atoms with E-state index in [9.17, 15) is 4.79 Å². The maximum absolute atomic E-state index is 12.3. The van der Waals surface area contributed by atoms with E-state index >= 15 is 0 Å². The van der Waals surface area contributed by atoms with Gasteiger partial charge in [0, 0.05) is 16.8 Å². The average molecular weight is 295 g/mol. The molecular formula is C14H15BrO2. The highest BCUT2D eigenvalue weighted by Crippen LogP contribution is 2.39. The molecule has 1 aromatic rings. The highest BCUT2D eigenvalue weighted by atomic mass is 79.9. The number of hydrogen-bond acceptors (Lipinski definition) is 2. The predicted octanol–water partition coefficient (Wildman–Crippen LogP) is 3.13. The minimum atomic E-state index is 0.140. The monoisotopic (exact) mass is 294 g/mol. The minimum absolute atomic E-state index is 0.140. The predicted molar refractivity (Wildman–Crippen MR) is 68.9 cm³/mol. The lowest BCUT2D eigenvalue weighted by molar-refractivity contribution is -0.123. The number of halogens is 1. The fourth-order valence-electron chi connectivity index (χ4n) is 2.94. The molecule has 3 heteroatoms. The van der Waals surface area contributed by atoms with Crippen LogP contribution < -0.4 is 0 Å². The first kappa shape index (κ1) is 11.4. The van der Waals surface area contributed by atoms with Crippen LogP contribution in [0.2, 0.25) is 0 Å². The molecule has 3 rings (SSSR count). The van der Waals surface area contributed by atoms with Crippen LogP contribution in [0, 0.1) is 5.92 Å². The second-order valence-corrected chi connectivity index (χ2v) is 5.80. The van der Waals surface area contributed by atoms with Gasteiger partial charge in [-0.15, -0.1) is 0 Å². The normalized spacial score (nSPS) is 30.8. The number of Topliss-reactive ketones (excluding diaryl/α,β-unsaturated/α-hetero) is 1. The molecule has 2 bridgehead atoms. The Kier molecular flexibility index (Phi) is 3.05. The fraction of sp³-hybridized carbons (Fsp3) is 0.500. The molecule has 2 fully saturated rings. The molecule has 0 aliphatic carbocycles. The van der Waals surface area contributed by atoms with Crippen LogP contribution >= 0.6 is 15.9 Å². The maximum atomic E-state index is 12.3. The number of fused-ring (bicyclic) bond motifs is 2. The third kappa shape index (κ3) is 2.18. The second kappa shape index (κ2) is 4.54. The number of ether oxygens (including phenoxy) is 1. The third-order valence-electron chi connectivity index (χ3n) is 3.84. The lowest BCUT2D eigenvalue weighted by atomic mass is 9.84. The summed E-state index contributed by atoms with van der Waals surface area (Å²) in [5.74, 6) is 0.477. The number of rotatable bonds is 3. The zero-order valence-corrected chi connectivity index (χ0v) is 11.2. The number of benzene rings is 1. The van der Waals surface area contributed by atoms with Gasteiger partial charge in [-0.1, -0.05) is 34.1 Å². The molecule has 2 aliphatic rings. The molecule has 17 heavy (non-hydrogen) atoms. The number of carbonyl (C=O) groups excluding carboxylic acids is 1. The molecule has 0 radical (unpaired) electrons. The maximum Gasteiger partial charge on any atom is 0.143 e. The van der Waals surface area contributed by atoms with Crippen LogP contribution in [0.1, 0.15) is 24.8 Å². The van der Waals surface area contributed by atoms with Crippen LogP contribution in [0.5, 0.6) is 0 Å². The van der Waals surface area contributed by atoms with E-state index in [1.807, 2.05) is 24.3 Å². The summed E-state index contributed by atoms with van der Waals surface area (Å²) >= 11 is 3.49. The van der Waals surface area contributed by atoms with Crippen LogP contribution in [0.15, 0.2) is 28.7 Å². The quantitative estimate of drug-likeness (QED) is 0.856. The van der Waals surface area contributed by atoms with Crippen molar-refractivity contribution in [3.63, 3.8) is 0 Å². The standard InChI is InChI=1S/C14H15BrO2/c15-12-4-2-1-3-9(12)7-13(16)11-8-10-5-6-14(11)17-10/h1-4,10-11,14H,5-8H2. The Bertz CT molecular complexity index is 444. The van der Waals surface area contributed by atoms with Crippen LogP contribution in [0.3, 0.4) is 0 Å². The smallest absolute Gasteiger partial charge is 0.143 e. The van der Waals surface area contributed by atoms with Gasteiger partial charge in [-0.25, -0.2) is 0 Å². The van der Waals surface area contributed by atoms with E-state index in [-0.39, 0.29) is 12.0 Å². The van der Waals surface area contributed by atoms with Gasteiger partial charge in [0.15, 0.2) is 0 Å². The Morgan fingerprint density at radius 2 is 2.18 bits per heavy atom. The van der Waals surface area contributed by atoms with Gasteiger partial charge in [0.2, 0.25) is 0 Å². The van der Waals surface area contributed by atoms with Gasteiger partial charge in [-0.3, -0.25) is 4.79 Å². The van der Waals surface area contributed by atoms with Crippen molar-refractivity contribution in [3.8, 4) is 0 Å². The Labute approximate surface area is 109 Å². The summed E-state index contributed by atoms with van der Waals surface area (Å²) in [6.07, 6.45) is 4.23. The zero-order valence-electron chi connectivity index (χ0n) is 9.56. The van der Waals surface area contributed by atoms with Crippen molar-refractivity contribution in [2.45, 2.75) is 37.9 Å². The highest BCUT2D eigenvalue weighted by molar-refractivity contribution is 9.10. The van der Waals surface area contributed by atoms with Crippen LogP contribution in [-0.4, -0.2) is 18.0 Å². The van der Waals surface area contributed by atoms with Gasteiger partial charge in [0.05, 0.1) is 12.2 Å². The minimum Gasteiger partial charge on any atom is -0.374 e. The summed E-state index contributed by atoms with van der Waals surface area (Å²) in [6.45, 7) is 0. The highest BCUT2D eigenvalue weighted by Gasteiger charge is 2.43. The molecule has 0 N–H and O–H groups in total. The van der Waals surface area contributed by atoms with E-state index in [0.717, 1.165) is 29.3 Å². The first-order valence-corrected chi connectivity index (χ1v) is 6.95. The Balaban J connectivity index is 1.70. The second-order valence-electron chi connectivity index (χ2n) is 4.95. The van der Waals surface area contributed by atoms with Gasteiger partial charge in [-0.2, -0.15) is 0 Å². The topological polar surface area (TPSA) is 26.3 Å². The molecule has 3 unspecified atom stereocenters.